The third-order valence-corrected chi connectivity index (χ3v) is 3.38. The number of hydrogen-bond acceptors (Lipinski definition) is 2. The lowest BCUT2D eigenvalue weighted by molar-refractivity contribution is 0.0957. The van der Waals surface area contributed by atoms with Crippen LogP contribution in [0.4, 0.5) is 0 Å². The molecule has 2 aromatic carbocycles. The highest BCUT2D eigenvalue weighted by molar-refractivity contribution is 6.07. The van der Waals surface area contributed by atoms with E-state index in [4.69, 9.17) is 0 Å². The maximum atomic E-state index is 12.2. The highest BCUT2D eigenvalue weighted by Gasteiger charge is 2.08. The molecular formula is C17H15N3O. The molecule has 1 heterocycles. The molecule has 3 rings (SSSR count). The molecule has 0 fully saturated rings. The number of fused-ring (bicyclic) bond motifs is 1. The Morgan fingerprint density at radius 1 is 1.10 bits per heavy atom. The molecule has 0 unspecified atom stereocenters. The fraction of sp³-hybridized carbons (Fsp3) is 0.0588. The summed E-state index contributed by atoms with van der Waals surface area (Å²) in [4.78, 5) is 12.2. The Morgan fingerprint density at radius 3 is 2.71 bits per heavy atom. The van der Waals surface area contributed by atoms with E-state index in [1.807, 2.05) is 66.3 Å². The van der Waals surface area contributed by atoms with Crippen LogP contribution in [0.15, 0.2) is 65.9 Å². The first-order valence-corrected chi connectivity index (χ1v) is 6.68. The Kier molecular flexibility index (Phi) is 3.51. The summed E-state index contributed by atoms with van der Waals surface area (Å²) in [6, 6.07) is 17.3. The zero-order chi connectivity index (χ0) is 14.7. The van der Waals surface area contributed by atoms with Gasteiger partial charge in [0.15, 0.2) is 0 Å². The zero-order valence-electron chi connectivity index (χ0n) is 11.7. The Labute approximate surface area is 122 Å². The number of carbonyl (C=O) groups is 1. The van der Waals surface area contributed by atoms with Gasteiger partial charge in [0.25, 0.3) is 5.91 Å². The molecule has 0 aliphatic heterocycles. The summed E-state index contributed by atoms with van der Waals surface area (Å²) in [5.74, 6) is -0.211. The molecule has 0 bridgehead atoms. The molecule has 1 amide bonds. The lowest BCUT2D eigenvalue weighted by Gasteiger charge is -2.04. The van der Waals surface area contributed by atoms with Crippen molar-refractivity contribution in [3.63, 3.8) is 0 Å². The summed E-state index contributed by atoms with van der Waals surface area (Å²) in [5.41, 5.74) is 4.12. The Hall–Kier alpha value is -2.88. The summed E-state index contributed by atoms with van der Waals surface area (Å²) >= 11 is 0. The van der Waals surface area contributed by atoms with E-state index in [2.05, 4.69) is 10.5 Å². The second-order valence-electron chi connectivity index (χ2n) is 4.77. The van der Waals surface area contributed by atoms with Crippen LogP contribution in [0.2, 0.25) is 0 Å². The summed E-state index contributed by atoms with van der Waals surface area (Å²) < 4.78 is 1.92. The van der Waals surface area contributed by atoms with Crippen molar-refractivity contribution in [3.8, 4) is 0 Å². The van der Waals surface area contributed by atoms with Crippen LogP contribution in [0.5, 0.6) is 0 Å². The van der Waals surface area contributed by atoms with Crippen LogP contribution in [0, 0.1) is 0 Å². The van der Waals surface area contributed by atoms with Gasteiger partial charge in [-0.25, -0.2) is 5.43 Å². The number of carbonyl (C=O) groups excluding carboxylic acids is 1. The molecule has 0 radical (unpaired) electrons. The fourth-order valence-electron chi connectivity index (χ4n) is 2.25. The Morgan fingerprint density at radius 2 is 1.90 bits per heavy atom. The lowest BCUT2D eigenvalue weighted by atomic mass is 10.0. The van der Waals surface area contributed by atoms with E-state index >= 15 is 0 Å². The van der Waals surface area contributed by atoms with E-state index in [0.717, 1.165) is 16.5 Å². The van der Waals surface area contributed by atoms with Crippen LogP contribution < -0.4 is 5.43 Å². The molecule has 3 aromatic rings. The number of hydrogen-bond donors (Lipinski definition) is 1. The molecule has 1 N–H and O–H groups in total. The minimum atomic E-state index is -0.211. The normalized spacial score (nSPS) is 11.1. The maximum absolute atomic E-state index is 12.2. The number of amides is 1. The molecule has 0 saturated carbocycles. The lowest BCUT2D eigenvalue weighted by Crippen LogP contribution is -2.18. The van der Waals surface area contributed by atoms with E-state index in [1.165, 1.54) is 0 Å². The van der Waals surface area contributed by atoms with Gasteiger partial charge in [-0.3, -0.25) is 4.79 Å². The SMILES string of the molecule is Cn1cccc1/C=N\NC(=O)c1cccc2ccccc12. The molecule has 0 aliphatic carbocycles. The van der Waals surface area contributed by atoms with E-state index in [-0.39, 0.29) is 5.91 Å². The molecule has 21 heavy (non-hydrogen) atoms. The zero-order valence-corrected chi connectivity index (χ0v) is 11.7. The minimum absolute atomic E-state index is 0.211. The number of nitrogens with one attached hydrogen (secondary N) is 1. The number of benzene rings is 2. The second-order valence-corrected chi connectivity index (χ2v) is 4.77. The van der Waals surface area contributed by atoms with Crippen LogP contribution >= 0.6 is 0 Å². The fourth-order valence-corrected chi connectivity index (χ4v) is 2.25. The van der Waals surface area contributed by atoms with E-state index < -0.39 is 0 Å². The van der Waals surface area contributed by atoms with Gasteiger partial charge in [0.05, 0.1) is 11.9 Å². The van der Waals surface area contributed by atoms with Crippen molar-refractivity contribution in [2.45, 2.75) is 0 Å². The summed E-state index contributed by atoms with van der Waals surface area (Å²) in [5, 5.41) is 5.97. The number of aryl methyl sites for hydroxylation is 1. The number of aromatic nitrogens is 1. The number of rotatable bonds is 3. The van der Waals surface area contributed by atoms with E-state index in [9.17, 15) is 4.79 Å². The molecule has 0 spiro atoms. The van der Waals surface area contributed by atoms with Gasteiger partial charge in [-0.15, -0.1) is 0 Å². The van der Waals surface area contributed by atoms with Gasteiger partial charge in [0, 0.05) is 18.8 Å². The molecule has 4 nitrogen and oxygen atoms in total. The van der Waals surface area contributed by atoms with Crippen molar-refractivity contribution in [2.75, 3.05) is 0 Å². The first kappa shape index (κ1) is 13.1. The summed E-state index contributed by atoms with van der Waals surface area (Å²) in [6.45, 7) is 0. The monoisotopic (exact) mass is 277 g/mol. The first-order chi connectivity index (χ1) is 10.3. The van der Waals surface area contributed by atoms with Crippen molar-refractivity contribution in [1.82, 2.24) is 9.99 Å². The van der Waals surface area contributed by atoms with E-state index in [0.29, 0.717) is 5.56 Å². The predicted molar refractivity (Wildman–Crippen MR) is 84.4 cm³/mol. The number of hydrazone groups is 1. The summed E-state index contributed by atoms with van der Waals surface area (Å²) in [7, 11) is 1.92. The number of nitrogens with zero attached hydrogens (tertiary/aromatic N) is 2. The molecule has 0 atom stereocenters. The third kappa shape index (κ3) is 2.69. The van der Waals surface area contributed by atoms with Gasteiger partial charge in [-0.1, -0.05) is 36.4 Å². The predicted octanol–water partition coefficient (Wildman–Crippen LogP) is 2.94. The topological polar surface area (TPSA) is 46.4 Å². The molecular weight excluding hydrogens is 262 g/mol. The second kappa shape index (κ2) is 5.63. The highest BCUT2D eigenvalue weighted by atomic mass is 16.2. The van der Waals surface area contributed by atoms with Gasteiger partial charge < -0.3 is 4.57 Å². The molecule has 1 aromatic heterocycles. The molecule has 104 valence electrons. The molecule has 0 saturated heterocycles. The summed E-state index contributed by atoms with van der Waals surface area (Å²) in [6.07, 6.45) is 3.55. The van der Waals surface area contributed by atoms with Crippen molar-refractivity contribution >= 4 is 22.9 Å². The van der Waals surface area contributed by atoms with Crippen LogP contribution in [-0.4, -0.2) is 16.7 Å². The van der Waals surface area contributed by atoms with Crippen LogP contribution in [0.25, 0.3) is 10.8 Å². The largest absolute Gasteiger partial charge is 0.350 e. The Balaban J connectivity index is 1.82. The van der Waals surface area contributed by atoms with Crippen LogP contribution in [0.3, 0.4) is 0 Å². The minimum Gasteiger partial charge on any atom is -0.350 e. The van der Waals surface area contributed by atoms with Gasteiger partial charge in [-0.2, -0.15) is 5.10 Å². The highest BCUT2D eigenvalue weighted by Crippen LogP contribution is 2.18. The van der Waals surface area contributed by atoms with Crippen LogP contribution in [-0.2, 0) is 7.05 Å². The van der Waals surface area contributed by atoms with Crippen molar-refractivity contribution in [2.24, 2.45) is 12.1 Å². The average Bonchev–Trinajstić information content (AvgIpc) is 2.92. The maximum Gasteiger partial charge on any atom is 0.271 e. The first-order valence-electron chi connectivity index (χ1n) is 6.68. The molecule has 0 aliphatic rings. The molecule has 4 heteroatoms. The van der Waals surface area contributed by atoms with Gasteiger partial charge in [0.2, 0.25) is 0 Å². The van der Waals surface area contributed by atoms with Gasteiger partial charge in [-0.05, 0) is 29.0 Å². The van der Waals surface area contributed by atoms with Gasteiger partial charge >= 0.3 is 0 Å². The van der Waals surface area contributed by atoms with Crippen molar-refractivity contribution in [3.05, 3.63) is 72.1 Å². The Bertz CT molecular complexity index is 812. The van der Waals surface area contributed by atoms with E-state index in [1.54, 1.807) is 12.3 Å². The smallest absolute Gasteiger partial charge is 0.271 e. The van der Waals surface area contributed by atoms with Crippen molar-refractivity contribution < 1.29 is 4.79 Å². The van der Waals surface area contributed by atoms with Gasteiger partial charge in [0.1, 0.15) is 0 Å². The van der Waals surface area contributed by atoms with Crippen LogP contribution in [0.1, 0.15) is 16.1 Å². The third-order valence-electron chi connectivity index (χ3n) is 3.38. The quantitative estimate of drug-likeness (QED) is 0.580. The standard InChI is InChI=1S/C17H15N3O/c1-20-11-5-8-14(20)12-18-19-17(21)16-10-4-7-13-6-2-3-9-15(13)16/h2-12H,1H3,(H,19,21)/b18-12-. The average molecular weight is 277 g/mol. The van der Waals surface area contributed by atoms with Crippen molar-refractivity contribution in [1.29, 1.82) is 0 Å².